The van der Waals surface area contributed by atoms with E-state index in [1.54, 1.807) is 0 Å². The van der Waals surface area contributed by atoms with Crippen LogP contribution in [0, 0.1) is 0 Å². The zero-order chi connectivity index (χ0) is 22.8. The van der Waals surface area contributed by atoms with E-state index in [1.807, 2.05) is 0 Å². The Bertz CT molecular complexity index is 380. The fraction of sp³-hybridized carbons (Fsp3) is 0.929. The van der Waals surface area contributed by atoms with Crippen molar-refractivity contribution in [3.8, 4) is 0 Å². The van der Waals surface area contributed by atoms with Crippen LogP contribution in [0.4, 0.5) is 0 Å². The molecule has 1 unspecified atom stereocenters. The highest BCUT2D eigenvalue weighted by Crippen LogP contribution is 2.15. The quantitative estimate of drug-likeness (QED) is 0.0810. The third-order valence-electron chi connectivity index (χ3n) is 6.27. The van der Waals surface area contributed by atoms with Crippen LogP contribution in [0.3, 0.4) is 0 Å². The molecule has 0 N–H and O–H groups in total. The fourth-order valence-corrected chi connectivity index (χ4v) is 4.19. The highest BCUT2D eigenvalue weighted by atomic mass is 16.5. The lowest BCUT2D eigenvalue weighted by Gasteiger charge is -2.15. The monoisotopic (exact) mass is 438 g/mol. The van der Waals surface area contributed by atoms with E-state index >= 15 is 0 Å². The lowest BCUT2D eigenvalue weighted by Crippen LogP contribution is -2.18. The van der Waals surface area contributed by atoms with Gasteiger partial charge in [-0.25, -0.2) is 0 Å². The van der Waals surface area contributed by atoms with Crippen LogP contribution >= 0.6 is 0 Å². The zero-order valence-electron chi connectivity index (χ0n) is 21.1. The van der Waals surface area contributed by atoms with Crippen molar-refractivity contribution < 1.29 is 14.3 Å². The summed E-state index contributed by atoms with van der Waals surface area (Å²) >= 11 is 0. The summed E-state index contributed by atoms with van der Waals surface area (Å²) in [5.41, 5.74) is 0. The second kappa shape index (κ2) is 25.4. The van der Waals surface area contributed by atoms with Crippen molar-refractivity contribution in [3.63, 3.8) is 0 Å². The number of aldehydes is 1. The summed E-state index contributed by atoms with van der Waals surface area (Å²) in [6, 6.07) is 0. The van der Waals surface area contributed by atoms with Gasteiger partial charge >= 0.3 is 5.97 Å². The van der Waals surface area contributed by atoms with Crippen LogP contribution in [0.25, 0.3) is 0 Å². The van der Waals surface area contributed by atoms with Gasteiger partial charge in [0.15, 0.2) is 0 Å². The van der Waals surface area contributed by atoms with Crippen molar-refractivity contribution in [1.82, 2.24) is 0 Å². The normalized spacial score (nSPS) is 12.1. The summed E-state index contributed by atoms with van der Waals surface area (Å²) in [5.74, 6) is -0.113. The molecule has 0 radical (unpaired) electrons. The van der Waals surface area contributed by atoms with E-state index in [9.17, 15) is 9.59 Å². The van der Waals surface area contributed by atoms with Crippen LogP contribution in [-0.2, 0) is 14.3 Å². The minimum atomic E-state index is -0.206. The summed E-state index contributed by atoms with van der Waals surface area (Å²) < 4.78 is 5.57. The van der Waals surface area contributed by atoms with Crippen molar-refractivity contribution in [2.45, 2.75) is 168 Å². The summed E-state index contributed by atoms with van der Waals surface area (Å²) in [7, 11) is 0. The molecule has 0 amide bonds. The molecule has 0 fully saturated rings. The van der Waals surface area contributed by atoms with Gasteiger partial charge in [-0.1, -0.05) is 129 Å². The van der Waals surface area contributed by atoms with Crippen molar-refractivity contribution >= 4 is 12.3 Å². The van der Waals surface area contributed by atoms with E-state index < -0.39 is 0 Å². The SMILES string of the molecule is CCCCCCCCCCCCCCCC(=O)OC(CC=O)CCCCCCCCC. The highest BCUT2D eigenvalue weighted by Gasteiger charge is 2.13. The highest BCUT2D eigenvalue weighted by molar-refractivity contribution is 5.69. The van der Waals surface area contributed by atoms with Gasteiger partial charge in [0.2, 0.25) is 0 Å². The number of carbonyl (C=O) groups is 2. The summed E-state index contributed by atoms with van der Waals surface area (Å²) in [5, 5.41) is 0. The number of unbranched alkanes of at least 4 members (excludes halogenated alkanes) is 18. The van der Waals surface area contributed by atoms with E-state index in [1.165, 1.54) is 109 Å². The molecule has 1 atom stereocenters. The Labute approximate surface area is 194 Å². The first-order valence-electron chi connectivity index (χ1n) is 13.9. The first kappa shape index (κ1) is 30.1. The van der Waals surface area contributed by atoms with E-state index in [0.717, 1.165) is 32.0 Å². The van der Waals surface area contributed by atoms with Crippen molar-refractivity contribution in [1.29, 1.82) is 0 Å². The Hall–Kier alpha value is -0.860. The van der Waals surface area contributed by atoms with Gasteiger partial charge in [0, 0.05) is 12.8 Å². The van der Waals surface area contributed by atoms with Crippen LogP contribution in [0.15, 0.2) is 0 Å². The number of hydrogen-bond donors (Lipinski definition) is 0. The molecule has 0 aromatic rings. The molecule has 0 heterocycles. The van der Waals surface area contributed by atoms with E-state index in [0.29, 0.717) is 12.8 Å². The predicted molar refractivity (Wildman–Crippen MR) is 133 cm³/mol. The molecule has 0 aliphatic heterocycles. The van der Waals surface area contributed by atoms with Crippen molar-refractivity contribution in [3.05, 3.63) is 0 Å². The maximum Gasteiger partial charge on any atom is 0.306 e. The smallest absolute Gasteiger partial charge is 0.306 e. The van der Waals surface area contributed by atoms with E-state index in [2.05, 4.69) is 13.8 Å². The molecule has 0 bridgehead atoms. The molecule has 31 heavy (non-hydrogen) atoms. The fourth-order valence-electron chi connectivity index (χ4n) is 4.19. The Morgan fingerprint density at radius 1 is 0.613 bits per heavy atom. The Kier molecular flexibility index (Phi) is 24.7. The molecule has 0 aromatic carbocycles. The van der Waals surface area contributed by atoms with Gasteiger partial charge < -0.3 is 9.53 Å². The van der Waals surface area contributed by atoms with Crippen LogP contribution in [0.2, 0.25) is 0 Å². The average molecular weight is 439 g/mol. The van der Waals surface area contributed by atoms with Crippen molar-refractivity contribution in [2.24, 2.45) is 0 Å². The molecule has 184 valence electrons. The second-order valence-corrected chi connectivity index (χ2v) is 9.42. The number of ether oxygens (including phenoxy) is 1. The van der Waals surface area contributed by atoms with Crippen LogP contribution in [0.5, 0.6) is 0 Å². The van der Waals surface area contributed by atoms with Crippen LogP contribution < -0.4 is 0 Å². The Morgan fingerprint density at radius 3 is 1.42 bits per heavy atom. The number of rotatable bonds is 25. The minimum Gasteiger partial charge on any atom is -0.462 e. The molecule has 0 rings (SSSR count). The van der Waals surface area contributed by atoms with Gasteiger partial charge in [0.05, 0.1) is 0 Å². The first-order valence-corrected chi connectivity index (χ1v) is 13.9. The molecule has 0 saturated heterocycles. The van der Waals surface area contributed by atoms with Crippen molar-refractivity contribution in [2.75, 3.05) is 0 Å². The average Bonchev–Trinajstić information content (AvgIpc) is 2.76. The maximum absolute atomic E-state index is 12.1. The first-order chi connectivity index (χ1) is 15.2. The van der Waals surface area contributed by atoms with Gasteiger partial charge in [-0.05, 0) is 19.3 Å². The van der Waals surface area contributed by atoms with Crippen LogP contribution in [0.1, 0.15) is 162 Å². The summed E-state index contributed by atoms with van der Waals surface area (Å²) in [4.78, 5) is 23.0. The molecule has 3 heteroatoms. The second-order valence-electron chi connectivity index (χ2n) is 9.42. The number of carbonyl (C=O) groups excluding carboxylic acids is 2. The topological polar surface area (TPSA) is 43.4 Å². The van der Waals surface area contributed by atoms with Gasteiger partial charge in [-0.2, -0.15) is 0 Å². The Morgan fingerprint density at radius 2 is 1.00 bits per heavy atom. The van der Waals surface area contributed by atoms with Gasteiger partial charge in [-0.3, -0.25) is 4.79 Å². The third-order valence-corrected chi connectivity index (χ3v) is 6.27. The number of esters is 1. The molecule has 0 aliphatic rings. The molecule has 0 spiro atoms. The molecule has 0 saturated carbocycles. The van der Waals surface area contributed by atoms with Crippen LogP contribution in [-0.4, -0.2) is 18.4 Å². The summed E-state index contributed by atoms with van der Waals surface area (Å²) in [6.07, 6.45) is 28.0. The van der Waals surface area contributed by atoms with Gasteiger partial charge in [-0.15, -0.1) is 0 Å². The largest absolute Gasteiger partial charge is 0.462 e. The lowest BCUT2D eigenvalue weighted by molar-refractivity contribution is -0.150. The van der Waals surface area contributed by atoms with Gasteiger partial charge in [0.25, 0.3) is 0 Å². The summed E-state index contributed by atoms with van der Waals surface area (Å²) in [6.45, 7) is 4.50. The van der Waals surface area contributed by atoms with E-state index in [-0.39, 0.29) is 12.1 Å². The zero-order valence-corrected chi connectivity index (χ0v) is 21.1. The van der Waals surface area contributed by atoms with E-state index in [4.69, 9.17) is 4.74 Å². The standard InChI is InChI=1S/C28H54O3/c1-3-5-7-9-11-12-13-14-15-16-18-20-22-24-28(30)31-27(25-26-29)23-21-19-17-10-8-6-4-2/h26-27H,3-25H2,1-2H3. The third kappa shape index (κ3) is 23.6. The molecule has 0 aliphatic carbocycles. The predicted octanol–water partition coefficient (Wildman–Crippen LogP) is 9.11. The lowest BCUT2D eigenvalue weighted by atomic mass is 10.0. The molecule has 0 aromatic heterocycles. The maximum atomic E-state index is 12.1. The van der Waals surface area contributed by atoms with Gasteiger partial charge in [0.1, 0.15) is 12.4 Å². The minimum absolute atomic E-state index is 0.113. The molecular weight excluding hydrogens is 384 g/mol. The molecule has 3 nitrogen and oxygen atoms in total. The Balaban J connectivity index is 3.53. The number of hydrogen-bond acceptors (Lipinski definition) is 3. The molecular formula is C28H54O3.